The molecule has 4 nitrogen and oxygen atoms in total. The summed E-state index contributed by atoms with van der Waals surface area (Å²) in [6, 6.07) is 14.0. The SMILES string of the molecule is O=C(Nc1ccncc1)C1=CCN(Cc2ccccc2)CC1. The predicted molar refractivity (Wildman–Crippen MR) is 87.3 cm³/mol. The van der Waals surface area contributed by atoms with Gasteiger partial charge in [-0.2, -0.15) is 0 Å². The van der Waals surface area contributed by atoms with Gasteiger partial charge in [0.05, 0.1) is 0 Å². The fraction of sp³-hybridized carbons (Fsp3) is 0.222. The number of hydrogen-bond acceptors (Lipinski definition) is 3. The minimum Gasteiger partial charge on any atom is -0.322 e. The lowest BCUT2D eigenvalue weighted by Gasteiger charge is -2.26. The summed E-state index contributed by atoms with van der Waals surface area (Å²) in [4.78, 5) is 18.5. The van der Waals surface area contributed by atoms with E-state index in [4.69, 9.17) is 0 Å². The quantitative estimate of drug-likeness (QED) is 0.943. The Kier molecular flexibility index (Phi) is 4.61. The van der Waals surface area contributed by atoms with Crippen molar-refractivity contribution in [2.75, 3.05) is 18.4 Å². The van der Waals surface area contributed by atoms with E-state index >= 15 is 0 Å². The van der Waals surface area contributed by atoms with Crippen LogP contribution in [0.3, 0.4) is 0 Å². The summed E-state index contributed by atoms with van der Waals surface area (Å²) in [6.45, 7) is 2.65. The normalized spacial score (nSPS) is 15.2. The third kappa shape index (κ3) is 3.80. The van der Waals surface area contributed by atoms with Gasteiger partial charge >= 0.3 is 0 Å². The first-order valence-electron chi connectivity index (χ1n) is 7.48. The molecule has 0 aliphatic carbocycles. The van der Waals surface area contributed by atoms with Crippen LogP contribution in [-0.4, -0.2) is 28.9 Å². The Bertz CT molecular complexity index is 653. The van der Waals surface area contributed by atoms with Crippen LogP contribution < -0.4 is 5.32 Å². The molecule has 1 aliphatic heterocycles. The van der Waals surface area contributed by atoms with E-state index in [-0.39, 0.29) is 5.91 Å². The summed E-state index contributed by atoms with van der Waals surface area (Å²) in [5.74, 6) is -0.00874. The molecule has 2 aromatic rings. The Labute approximate surface area is 130 Å². The number of carbonyl (C=O) groups excluding carboxylic acids is 1. The monoisotopic (exact) mass is 293 g/mol. The van der Waals surface area contributed by atoms with E-state index in [1.807, 2.05) is 12.1 Å². The molecule has 0 unspecified atom stereocenters. The van der Waals surface area contributed by atoms with Crippen molar-refractivity contribution in [2.24, 2.45) is 0 Å². The lowest BCUT2D eigenvalue weighted by molar-refractivity contribution is -0.113. The fourth-order valence-electron chi connectivity index (χ4n) is 2.55. The van der Waals surface area contributed by atoms with Gasteiger partial charge in [-0.1, -0.05) is 36.4 Å². The lowest BCUT2D eigenvalue weighted by Crippen LogP contribution is -2.31. The second-order valence-electron chi connectivity index (χ2n) is 5.39. The molecule has 1 amide bonds. The number of amides is 1. The number of rotatable bonds is 4. The second kappa shape index (κ2) is 7.00. The first-order chi connectivity index (χ1) is 10.8. The average Bonchev–Trinajstić information content (AvgIpc) is 2.57. The number of anilines is 1. The number of hydrogen-bond donors (Lipinski definition) is 1. The van der Waals surface area contributed by atoms with Crippen molar-refractivity contribution in [3.05, 3.63) is 72.1 Å². The van der Waals surface area contributed by atoms with E-state index in [0.717, 1.165) is 37.3 Å². The van der Waals surface area contributed by atoms with E-state index in [2.05, 4.69) is 39.5 Å². The molecule has 0 saturated heterocycles. The van der Waals surface area contributed by atoms with Gasteiger partial charge in [-0.05, 0) is 24.1 Å². The molecule has 0 fully saturated rings. The van der Waals surface area contributed by atoms with Crippen molar-refractivity contribution in [3.63, 3.8) is 0 Å². The number of carbonyl (C=O) groups is 1. The molecule has 1 aromatic heterocycles. The van der Waals surface area contributed by atoms with E-state index in [1.165, 1.54) is 5.56 Å². The van der Waals surface area contributed by atoms with E-state index in [1.54, 1.807) is 24.5 Å². The minimum atomic E-state index is -0.00874. The van der Waals surface area contributed by atoms with Gasteiger partial charge in [-0.25, -0.2) is 0 Å². The van der Waals surface area contributed by atoms with Crippen molar-refractivity contribution in [2.45, 2.75) is 13.0 Å². The molecular weight excluding hydrogens is 274 g/mol. The van der Waals surface area contributed by atoms with Crippen LogP contribution in [0.2, 0.25) is 0 Å². The topological polar surface area (TPSA) is 45.2 Å². The van der Waals surface area contributed by atoms with Gasteiger partial charge in [-0.15, -0.1) is 0 Å². The van der Waals surface area contributed by atoms with Crippen LogP contribution in [-0.2, 0) is 11.3 Å². The van der Waals surface area contributed by atoms with Crippen LogP contribution in [0.15, 0.2) is 66.5 Å². The van der Waals surface area contributed by atoms with Gasteiger partial charge < -0.3 is 5.32 Å². The summed E-state index contributed by atoms with van der Waals surface area (Å²) in [5.41, 5.74) is 2.95. The lowest BCUT2D eigenvalue weighted by atomic mass is 10.1. The van der Waals surface area contributed by atoms with Gasteiger partial charge in [0, 0.05) is 43.3 Å². The molecule has 1 N–H and O–H groups in total. The van der Waals surface area contributed by atoms with Crippen molar-refractivity contribution in [1.29, 1.82) is 0 Å². The molecule has 22 heavy (non-hydrogen) atoms. The first kappa shape index (κ1) is 14.5. The van der Waals surface area contributed by atoms with Gasteiger partial charge in [0.1, 0.15) is 0 Å². The molecule has 1 aromatic carbocycles. The van der Waals surface area contributed by atoms with Crippen molar-refractivity contribution in [3.8, 4) is 0 Å². The number of benzene rings is 1. The van der Waals surface area contributed by atoms with Crippen LogP contribution in [0, 0.1) is 0 Å². The van der Waals surface area contributed by atoms with Gasteiger partial charge in [0.25, 0.3) is 5.91 Å². The number of nitrogens with zero attached hydrogens (tertiary/aromatic N) is 2. The number of nitrogens with one attached hydrogen (secondary N) is 1. The van der Waals surface area contributed by atoms with Gasteiger partial charge in [0.15, 0.2) is 0 Å². The molecule has 3 rings (SSSR count). The standard InChI is InChI=1S/C18H19N3O/c22-18(20-17-6-10-19-11-7-17)16-8-12-21(13-9-16)14-15-4-2-1-3-5-15/h1-8,10-11H,9,12-14H2,(H,19,20,22). The molecular formula is C18H19N3O. The highest BCUT2D eigenvalue weighted by Gasteiger charge is 2.17. The van der Waals surface area contributed by atoms with Crippen molar-refractivity contribution >= 4 is 11.6 Å². The van der Waals surface area contributed by atoms with E-state index < -0.39 is 0 Å². The molecule has 0 bridgehead atoms. The molecule has 0 saturated carbocycles. The highest BCUT2D eigenvalue weighted by molar-refractivity contribution is 6.03. The minimum absolute atomic E-state index is 0.00874. The fourth-order valence-corrected chi connectivity index (χ4v) is 2.55. The summed E-state index contributed by atoms with van der Waals surface area (Å²) in [5, 5.41) is 2.91. The maximum atomic E-state index is 12.2. The zero-order chi connectivity index (χ0) is 15.2. The molecule has 0 spiro atoms. The maximum absolute atomic E-state index is 12.2. The third-order valence-corrected chi connectivity index (χ3v) is 3.77. The Morgan fingerprint density at radius 2 is 1.91 bits per heavy atom. The average molecular weight is 293 g/mol. The predicted octanol–water partition coefficient (Wildman–Crippen LogP) is 2.85. The van der Waals surface area contributed by atoms with E-state index in [0.29, 0.717) is 0 Å². The van der Waals surface area contributed by atoms with Crippen LogP contribution in [0.4, 0.5) is 5.69 Å². The first-order valence-corrected chi connectivity index (χ1v) is 7.48. The van der Waals surface area contributed by atoms with Gasteiger partial charge in [0.2, 0.25) is 0 Å². The zero-order valence-electron chi connectivity index (χ0n) is 12.4. The summed E-state index contributed by atoms with van der Waals surface area (Å²) >= 11 is 0. The highest BCUT2D eigenvalue weighted by Crippen LogP contribution is 2.16. The molecule has 0 radical (unpaired) electrons. The smallest absolute Gasteiger partial charge is 0.251 e. The summed E-state index contributed by atoms with van der Waals surface area (Å²) in [6.07, 6.45) is 6.16. The molecule has 112 valence electrons. The summed E-state index contributed by atoms with van der Waals surface area (Å²) in [7, 11) is 0. The van der Waals surface area contributed by atoms with Crippen molar-refractivity contribution in [1.82, 2.24) is 9.88 Å². The maximum Gasteiger partial charge on any atom is 0.251 e. The Morgan fingerprint density at radius 1 is 1.14 bits per heavy atom. The Balaban J connectivity index is 1.56. The molecule has 0 atom stereocenters. The largest absolute Gasteiger partial charge is 0.322 e. The van der Waals surface area contributed by atoms with Crippen molar-refractivity contribution < 1.29 is 4.79 Å². The molecule has 2 heterocycles. The van der Waals surface area contributed by atoms with Crippen LogP contribution >= 0.6 is 0 Å². The zero-order valence-corrected chi connectivity index (χ0v) is 12.4. The van der Waals surface area contributed by atoms with Gasteiger partial charge in [-0.3, -0.25) is 14.7 Å². The highest BCUT2D eigenvalue weighted by atomic mass is 16.1. The molecule has 1 aliphatic rings. The van der Waals surface area contributed by atoms with E-state index in [9.17, 15) is 4.79 Å². The molecule has 4 heteroatoms. The van der Waals surface area contributed by atoms with Crippen LogP contribution in [0.25, 0.3) is 0 Å². The summed E-state index contributed by atoms with van der Waals surface area (Å²) < 4.78 is 0. The Morgan fingerprint density at radius 3 is 2.59 bits per heavy atom. The second-order valence-corrected chi connectivity index (χ2v) is 5.39. The third-order valence-electron chi connectivity index (χ3n) is 3.77. The van der Waals surface area contributed by atoms with Crippen LogP contribution in [0.5, 0.6) is 0 Å². The number of pyridine rings is 1. The Hall–Kier alpha value is -2.46. The number of aromatic nitrogens is 1. The van der Waals surface area contributed by atoms with Crippen LogP contribution in [0.1, 0.15) is 12.0 Å².